The number of hydrogen-bond donors (Lipinski definition) is 1. The number of amides is 1. The predicted octanol–water partition coefficient (Wildman–Crippen LogP) is 2.54. The van der Waals surface area contributed by atoms with Gasteiger partial charge >= 0.3 is 0 Å². The highest BCUT2D eigenvalue weighted by Crippen LogP contribution is 2.32. The van der Waals surface area contributed by atoms with E-state index in [-0.39, 0.29) is 22.5 Å². The van der Waals surface area contributed by atoms with Crippen molar-refractivity contribution in [2.45, 2.75) is 23.4 Å². The van der Waals surface area contributed by atoms with Gasteiger partial charge in [-0.25, -0.2) is 17.2 Å². The molecule has 27 heavy (non-hydrogen) atoms. The fraction of sp³-hybridized carbons (Fsp3) is 0.316. The normalized spacial score (nSPS) is 20.6. The zero-order valence-electron chi connectivity index (χ0n) is 14.9. The lowest BCUT2D eigenvalue weighted by Crippen LogP contribution is -2.39. The average Bonchev–Trinajstić information content (AvgIpc) is 2.97. The second-order valence-electron chi connectivity index (χ2n) is 6.74. The van der Waals surface area contributed by atoms with Crippen molar-refractivity contribution >= 4 is 15.7 Å². The van der Waals surface area contributed by atoms with Crippen LogP contribution in [-0.2, 0) is 9.84 Å². The standard InChI is InChI=1S/C19H20F2N2O3S/c1-23-10-9-16(18(23)12-7-8-14(20)15(21)11-12)22-19(24)13-5-3-4-6-17(13)27(2,25)26/h3-8,11,16,18H,9-10H2,1-2H3,(H,22,24)/t16-,18+/m1/s1. The molecule has 0 saturated carbocycles. The highest BCUT2D eigenvalue weighted by molar-refractivity contribution is 7.90. The lowest BCUT2D eigenvalue weighted by Gasteiger charge is -2.26. The van der Waals surface area contributed by atoms with Crippen molar-refractivity contribution in [3.05, 3.63) is 65.2 Å². The predicted molar refractivity (Wildman–Crippen MR) is 97.2 cm³/mol. The molecule has 0 bridgehead atoms. The highest BCUT2D eigenvalue weighted by Gasteiger charge is 2.35. The Balaban J connectivity index is 1.88. The molecule has 144 valence electrons. The second kappa shape index (κ2) is 7.36. The number of carbonyl (C=O) groups excluding carboxylic acids is 1. The van der Waals surface area contributed by atoms with Crippen LogP contribution in [0.25, 0.3) is 0 Å². The third-order valence-electron chi connectivity index (χ3n) is 4.78. The van der Waals surface area contributed by atoms with Gasteiger partial charge in [0.05, 0.1) is 22.5 Å². The molecule has 1 aliphatic heterocycles. The summed E-state index contributed by atoms with van der Waals surface area (Å²) in [6, 6.07) is 8.98. The summed E-state index contributed by atoms with van der Waals surface area (Å²) in [7, 11) is -1.73. The fourth-order valence-electron chi connectivity index (χ4n) is 3.50. The second-order valence-corrected chi connectivity index (χ2v) is 8.72. The van der Waals surface area contributed by atoms with E-state index in [1.807, 2.05) is 11.9 Å². The summed E-state index contributed by atoms with van der Waals surface area (Å²) in [5.74, 6) is -2.38. The topological polar surface area (TPSA) is 66.5 Å². The Kier molecular flexibility index (Phi) is 5.30. The summed E-state index contributed by atoms with van der Waals surface area (Å²) in [6.07, 6.45) is 1.65. The van der Waals surface area contributed by atoms with E-state index in [0.29, 0.717) is 18.5 Å². The summed E-state index contributed by atoms with van der Waals surface area (Å²) in [6.45, 7) is 0.655. The molecule has 0 radical (unpaired) electrons. The van der Waals surface area contributed by atoms with Gasteiger partial charge in [-0.15, -0.1) is 0 Å². The van der Waals surface area contributed by atoms with E-state index in [1.54, 1.807) is 12.1 Å². The third kappa shape index (κ3) is 4.01. The number of likely N-dealkylation sites (tertiary alicyclic amines) is 1. The van der Waals surface area contributed by atoms with Crippen LogP contribution in [-0.4, -0.2) is 45.1 Å². The minimum Gasteiger partial charge on any atom is -0.347 e. The maximum atomic E-state index is 13.7. The minimum atomic E-state index is -3.56. The Morgan fingerprint density at radius 3 is 2.52 bits per heavy atom. The van der Waals surface area contributed by atoms with Gasteiger partial charge in [0.2, 0.25) is 0 Å². The molecule has 2 aromatic rings. The fourth-order valence-corrected chi connectivity index (χ4v) is 4.39. The van der Waals surface area contributed by atoms with Gasteiger partial charge < -0.3 is 5.32 Å². The van der Waals surface area contributed by atoms with Crippen LogP contribution in [0.1, 0.15) is 28.4 Å². The number of rotatable bonds is 4. The van der Waals surface area contributed by atoms with Crippen LogP contribution in [0, 0.1) is 11.6 Å². The number of benzene rings is 2. The largest absolute Gasteiger partial charge is 0.347 e. The van der Waals surface area contributed by atoms with Crippen LogP contribution < -0.4 is 5.32 Å². The monoisotopic (exact) mass is 394 g/mol. The number of nitrogens with zero attached hydrogens (tertiary/aromatic N) is 1. The van der Waals surface area contributed by atoms with Gasteiger partial charge in [0.25, 0.3) is 5.91 Å². The lowest BCUT2D eigenvalue weighted by molar-refractivity contribution is 0.0924. The molecule has 2 aromatic carbocycles. The Hall–Kier alpha value is -2.32. The van der Waals surface area contributed by atoms with Crippen molar-refractivity contribution in [3.63, 3.8) is 0 Å². The molecular formula is C19H20F2N2O3S. The van der Waals surface area contributed by atoms with E-state index in [1.165, 1.54) is 18.2 Å². The van der Waals surface area contributed by atoms with Crippen molar-refractivity contribution in [2.24, 2.45) is 0 Å². The Bertz CT molecular complexity index is 979. The van der Waals surface area contributed by atoms with E-state index >= 15 is 0 Å². The van der Waals surface area contributed by atoms with Crippen LogP contribution in [0.2, 0.25) is 0 Å². The molecule has 0 spiro atoms. The molecule has 1 fully saturated rings. The number of likely N-dealkylation sites (N-methyl/N-ethyl adjacent to an activating group) is 1. The molecule has 1 aliphatic rings. The average molecular weight is 394 g/mol. The molecule has 1 heterocycles. The van der Waals surface area contributed by atoms with Gasteiger partial charge in [0.1, 0.15) is 0 Å². The van der Waals surface area contributed by atoms with Crippen LogP contribution in [0.15, 0.2) is 47.4 Å². The first-order valence-corrected chi connectivity index (χ1v) is 10.3. The number of hydrogen-bond acceptors (Lipinski definition) is 4. The molecular weight excluding hydrogens is 374 g/mol. The Morgan fingerprint density at radius 1 is 1.15 bits per heavy atom. The summed E-state index contributed by atoms with van der Waals surface area (Å²) in [5, 5.41) is 2.86. The minimum absolute atomic E-state index is 0.0433. The van der Waals surface area contributed by atoms with E-state index in [9.17, 15) is 22.0 Å². The summed E-state index contributed by atoms with van der Waals surface area (Å²) in [4.78, 5) is 14.6. The molecule has 0 aliphatic carbocycles. The van der Waals surface area contributed by atoms with Crippen molar-refractivity contribution < 1.29 is 22.0 Å². The third-order valence-corrected chi connectivity index (χ3v) is 5.94. The van der Waals surface area contributed by atoms with E-state index < -0.39 is 27.4 Å². The lowest BCUT2D eigenvalue weighted by atomic mass is 9.99. The number of carbonyl (C=O) groups is 1. The number of nitrogens with one attached hydrogen (secondary N) is 1. The first-order chi connectivity index (χ1) is 12.7. The SMILES string of the molecule is CN1CC[C@@H](NC(=O)c2ccccc2S(C)(=O)=O)[C@@H]1c1ccc(F)c(F)c1. The molecule has 1 saturated heterocycles. The zero-order chi connectivity index (χ0) is 19.8. The summed E-state index contributed by atoms with van der Waals surface area (Å²) < 4.78 is 50.8. The van der Waals surface area contributed by atoms with Gasteiger partial charge in [-0.2, -0.15) is 0 Å². The van der Waals surface area contributed by atoms with Crippen molar-refractivity contribution in [3.8, 4) is 0 Å². The maximum absolute atomic E-state index is 13.7. The van der Waals surface area contributed by atoms with Crippen molar-refractivity contribution in [1.82, 2.24) is 10.2 Å². The van der Waals surface area contributed by atoms with Crippen LogP contribution in [0.3, 0.4) is 0 Å². The van der Waals surface area contributed by atoms with Crippen LogP contribution >= 0.6 is 0 Å². The summed E-state index contributed by atoms with van der Waals surface area (Å²) >= 11 is 0. The van der Waals surface area contributed by atoms with Gasteiger partial charge in [0.15, 0.2) is 21.5 Å². The van der Waals surface area contributed by atoms with Crippen LogP contribution in [0.4, 0.5) is 8.78 Å². The Labute approximate surface area is 156 Å². The number of halogens is 2. The molecule has 5 nitrogen and oxygen atoms in total. The molecule has 8 heteroatoms. The van der Waals surface area contributed by atoms with Crippen LogP contribution in [0.5, 0.6) is 0 Å². The molecule has 0 unspecified atom stereocenters. The van der Waals surface area contributed by atoms with E-state index in [0.717, 1.165) is 18.4 Å². The summed E-state index contributed by atoms with van der Waals surface area (Å²) in [5.41, 5.74) is 0.620. The quantitative estimate of drug-likeness (QED) is 0.866. The molecule has 0 aromatic heterocycles. The number of sulfone groups is 1. The maximum Gasteiger partial charge on any atom is 0.252 e. The first kappa shape index (κ1) is 19.4. The van der Waals surface area contributed by atoms with Crippen molar-refractivity contribution in [2.75, 3.05) is 19.8 Å². The highest BCUT2D eigenvalue weighted by atomic mass is 32.2. The first-order valence-electron chi connectivity index (χ1n) is 8.43. The van der Waals surface area contributed by atoms with Gasteiger partial charge in [-0.1, -0.05) is 18.2 Å². The van der Waals surface area contributed by atoms with E-state index in [2.05, 4.69) is 5.32 Å². The Morgan fingerprint density at radius 2 is 1.85 bits per heavy atom. The molecule has 3 rings (SSSR count). The van der Waals surface area contributed by atoms with Gasteiger partial charge in [0, 0.05) is 12.8 Å². The van der Waals surface area contributed by atoms with Gasteiger partial charge in [-0.3, -0.25) is 9.69 Å². The van der Waals surface area contributed by atoms with Crippen molar-refractivity contribution in [1.29, 1.82) is 0 Å². The van der Waals surface area contributed by atoms with Gasteiger partial charge in [-0.05, 0) is 43.3 Å². The molecule has 2 atom stereocenters. The van der Waals surface area contributed by atoms with E-state index in [4.69, 9.17) is 0 Å². The molecule has 1 N–H and O–H groups in total. The smallest absolute Gasteiger partial charge is 0.252 e. The zero-order valence-corrected chi connectivity index (χ0v) is 15.8. The molecule has 1 amide bonds.